The second-order valence-corrected chi connectivity index (χ2v) is 4.92. The SMILES string of the molecule is COc1ccccc1/C=N/OC(=O)Nc1ccc(Cl)c(Cl)c1. The van der Waals surface area contributed by atoms with Gasteiger partial charge < -0.3 is 4.74 Å². The van der Waals surface area contributed by atoms with E-state index < -0.39 is 6.09 Å². The molecule has 5 nitrogen and oxygen atoms in total. The maximum Gasteiger partial charge on any atom is 0.437 e. The molecule has 0 aliphatic heterocycles. The number of halogens is 2. The molecule has 0 saturated carbocycles. The predicted molar refractivity (Wildman–Crippen MR) is 87.2 cm³/mol. The van der Waals surface area contributed by atoms with E-state index in [4.69, 9.17) is 32.8 Å². The minimum atomic E-state index is -0.746. The molecule has 0 bridgehead atoms. The normalized spacial score (nSPS) is 10.5. The van der Waals surface area contributed by atoms with Crippen LogP contribution in [-0.4, -0.2) is 19.4 Å². The van der Waals surface area contributed by atoms with Crippen molar-refractivity contribution < 1.29 is 14.4 Å². The van der Waals surface area contributed by atoms with Crippen LogP contribution in [0.4, 0.5) is 10.5 Å². The highest BCUT2D eigenvalue weighted by Gasteiger charge is 2.05. The summed E-state index contributed by atoms with van der Waals surface area (Å²) in [5.74, 6) is 0.625. The first kappa shape index (κ1) is 16.1. The number of nitrogens with one attached hydrogen (secondary N) is 1. The number of oxime groups is 1. The van der Waals surface area contributed by atoms with Gasteiger partial charge in [0.05, 0.1) is 23.4 Å². The first-order chi connectivity index (χ1) is 10.6. The Morgan fingerprint density at radius 2 is 1.95 bits per heavy atom. The second-order valence-electron chi connectivity index (χ2n) is 4.11. The Morgan fingerprint density at radius 3 is 2.68 bits per heavy atom. The van der Waals surface area contributed by atoms with Crippen molar-refractivity contribution in [2.24, 2.45) is 5.16 Å². The highest BCUT2D eigenvalue weighted by atomic mass is 35.5. The van der Waals surface area contributed by atoms with E-state index in [1.54, 1.807) is 31.4 Å². The van der Waals surface area contributed by atoms with Gasteiger partial charge in [0, 0.05) is 11.3 Å². The monoisotopic (exact) mass is 338 g/mol. The number of methoxy groups -OCH3 is 1. The maximum atomic E-state index is 11.6. The third kappa shape index (κ3) is 4.38. The standard InChI is InChI=1S/C15H12Cl2N2O3/c1-21-14-5-3-2-4-10(14)9-18-22-15(20)19-11-6-7-12(16)13(17)8-11/h2-9H,1H3,(H,19,20)/b18-9+. The maximum absolute atomic E-state index is 11.6. The van der Waals surface area contributed by atoms with Gasteiger partial charge in [-0.3, -0.25) is 10.2 Å². The number of para-hydroxylation sites is 1. The molecule has 0 unspecified atom stereocenters. The van der Waals surface area contributed by atoms with Crippen LogP contribution in [0, 0.1) is 0 Å². The molecule has 2 aromatic rings. The van der Waals surface area contributed by atoms with Crippen molar-refractivity contribution in [2.45, 2.75) is 0 Å². The molecule has 0 atom stereocenters. The van der Waals surface area contributed by atoms with Crippen LogP contribution < -0.4 is 10.1 Å². The summed E-state index contributed by atoms with van der Waals surface area (Å²) in [5, 5.41) is 6.81. The van der Waals surface area contributed by atoms with Crippen molar-refractivity contribution in [2.75, 3.05) is 12.4 Å². The number of rotatable bonds is 4. The number of ether oxygens (including phenoxy) is 1. The number of carbonyl (C=O) groups excluding carboxylic acids is 1. The van der Waals surface area contributed by atoms with E-state index in [9.17, 15) is 4.79 Å². The Balaban J connectivity index is 1.95. The smallest absolute Gasteiger partial charge is 0.437 e. The van der Waals surface area contributed by atoms with Crippen molar-refractivity contribution in [1.29, 1.82) is 0 Å². The summed E-state index contributed by atoms with van der Waals surface area (Å²) < 4.78 is 5.15. The van der Waals surface area contributed by atoms with Crippen LogP contribution in [0.15, 0.2) is 47.6 Å². The number of hydrogen-bond acceptors (Lipinski definition) is 4. The van der Waals surface area contributed by atoms with E-state index in [1.165, 1.54) is 12.3 Å². The molecule has 2 aromatic carbocycles. The van der Waals surface area contributed by atoms with Crippen LogP contribution in [0.5, 0.6) is 5.75 Å². The average molecular weight is 339 g/mol. The Kier molecular flexibility index (Phi) is 5.63. The van der Waals surface area contributed by atoms with Crippen molar-refractivity contribution in [3.63, 3.8) is 0 Å². The molecule has 22 heavy (non-hydrogen) atoms. The molecular formula is C15H12Cl2N2O3. The highest BCUT2D eigenvalue weighted by molar-refractivity contribution is 6.42. The number of amides is 1. The Morgan fingerprint density at radius 1 is 1.18 bits per heavy atom. The van der Waals surface area contributed by atoms with Crippen molar-refractivity contribution in [1.82, 2.24) is 0 Å². The molecule has 1 N–H and O–H groups in total. The van der Waals surface area contributed by atoms with Crippen molar-refractivity contribution >= 4 is 41.2 Å². The van der Waals surface area contributed by atoms with Gasteiger partial charge in [0.15, 0.2) is 0 Å². The molecule has 0 aromatic heterocycles. The molecule has 0 aliphatic carbocycles. The molecule has 0 heterocycles. The summed E-state index contributed by atoms with van der Waals surface area (Å²) in [5.41, 5.74) is 1.14. The molecule has 0 spiro atoms. The lowest BCUT2D eigenvalue weighted by Gasteiger charge is -2.04. The quantitative estimate of drug-likeness (QED) is 0.504. The lowest BCUT2D eigenvalue weighted by Crippen LogP contribution is -2.10. The van der Waals surface area contributed by atoms with E-state index in [1.807, 2.05) is 12.1 Å². The zero-order chi connectivity index (χ0) is 15.9. The summed E-state index contributed by atoms with van der Waals surface area (Å²) in [6, 6.07) is 11.9. The number of carbonyl (C=O) groups is 1. The largest absolute Gasteiger partial charge is 0.496 e. The van der Waals surface area contributed by atoms with Gasteiger partial charge in [-0.1, -0.05) is 40.5 Å². The van der Waals surface area contributed by atoms with Gasteiger partial charge in [-0.05, 0) is 30.3 Å². The summed E-state index contributed by atoms with van der Waals surface area (Å²) in [7, 11) is 1.55. The molecule has 1 amide bonds. The molecule has 7 heteroatoms. The first-order valence-corrected chi connectivity index (χ1v) is 6.95. The van der Waals surface area contributed by atoms with Crippen molar-refractivity contribution in [3.8, 4) is 5.75 Å². The van der Waals surface area contributed by atoms with Crippen LogP contribution in [0.25, 0.3) is 0 Å². The van der Waals surface area contributed by atoms with E-state index in [-0.39, 0.29) is 0 Å². The molecule has 0 radical (unpaired) electrons. The molecule has 114 valence electrons. The molecule has 0 fully saturated rings. The predicted octanol–water partition coefficient (Wildman–Crippen LogP) is 4.58. The molecule has 0 aliphatic rings. The van der Waals surface area contributed by atoms with Gasteiger partial charge in [0.25, 0.3) is 0 Å². The van der Waals surface area contributed by atoms with E-state index in [0.717, 1.165) is 0 Å². The third-order valence-corrected chi connectivity index (χ3v) is 3.37. The molecular weight excluding hydrogens is 327 g/mol. The highest BCUT2D eigenvalue weighted by Crippen LogP contribution is 2.25. The van der Waals surface area contributed by atoms with E-state index >= 15 is 0 Å². The average Bonchev–Trinajstić information content (AvgIpc) is 2.51. The van der Waals surface area contributed by atoms with Gasteiger partial charge in [-0.2, -0.15) is 0 Å². The Hall–Kier alpha value is -2.24. The lowest BCUT2D eigenvalue weighted by atomic mass is 10.2. The number of hydrogen-bond donors (Lipinski definition) is 1. The number of nitrogens with zero attached hydrogens (tertiary/aromatic N) is 1. The fraction of sp³-hybridized carbons (Fsp3) is 0.0667. The van der Waals surface area contributed by atoms with Gasteiger partial charge >= 0.3 is 6.09 Å². The third-order valence-electron chi connectivity index (χ3n) is 2.63. The van der Waals surface area contributed by atoms with Gasteiger partial charge in [0.1, 0.15) is 5.75 Å². The lowest BCUT2D eigenvalue weighted by molar-refractivity contribution is 0.167. The number of benzene rings is 2. The minimum absolute atomic E-state index is 0.331. The first-order valence-electron chi connectivity index (χ1n) is 6.19. The van der Waals surface area contributed by atoms with E-state index in [2.05, 4.69) is 10.5 Å². The fourth-order valence-corrected chi connectivity index (χ4v) is 1.92. The fourth-order valence-electron chi connectivity index (χ4n) is 1.62. The molecule has 2 rings (SSSR count). The minimum Gasteiger partial charge on any atom is -0.496 e. The zero-order valence-electron chi connectivity index (χ0n) is 11.5. The van der Waals surface area contributed by atoms with Crippen LogP contribution in [0.2, 0.25) is 10.0 Å². The van der Waals surface area contributed by atoms with Gasteiger partial charge in [0.2, 0.25) is 0 Å². The topological polar surface area (TPSA) is 59.9 Å². The van der Waals surface area contributed by atoms with Crippen LogP contribution >= 0.6 is 23.2 Å². The van der Waals surface area contributed by atoms with Crippen LogP contribution in [0.1, 0.15) is 5.56 Å². The zero-order valence-corrected chi connectivity index (χ0v) is 13.1. The summed E-state index contributed by atoms with van der Waals surface area (Å²) >= 11 is 11.6. The summed E-state index contributed by atoms with van der Waals surface area (Å²) in [6.07, 6.45) is 0.636. The summed E-state index contributed by atoms with van der Waals surface area (Å²) in [4.78, 5) is 16.3. The molecule has 0 saturated heterocycles. The van der Waals surface area contributed by atoms with Gasteiger partial charge in [-0.15, -0.1) is 0 Å². The van der Waals surface area contributed by atoms with Crippen LogP contribution in [-0.2, 0) is 4.84 Å². The van der Waals surface area contributed by atoms with Crippen molar-refractivity contribution in [3.05, 3.63) is 58.1 Å². The Bertz CT molecular complexity index is 705. The summed E-state index contributed by atoms with van der Waals surface area (Å²) in [6.45, 7) is 0. The van der Waals surface area contributed by atoms with Crippen LogP contribution in [0.3, 0.4) is 0 Å². The van der Waals surface area contributed by atoms with Gasteiger partial charge in [-0.25, -0.2) is 4.79 Å². The number of anilines is 1. The second kappa shape index (κ2) is 7.68. The van der Waals surface area contributed by atoms with E-state index in [0.29, 0.717) is 27.0 Å². The Labute approximate surface area is 137 Å².